The molecule has 1 saturated heterocycles. The normalized spacial score (nSPS) is 18.8. The fourth-order valence-electron chi connectivity index (χ4n) is 2.95. The molecular weight excluding hydrogens is 314 g/mol. The molecule has 2 rings (SSSR count). The van der Waals surface area contributed by atoms with E-state index in [1.807, 2.05) is 25.7 Å². The van der Waals surface area contributed by atoms with Crippen molar-refractivity contribution in [3.8, 4) is 0 Å². The van der Waals surface area contributed by atoms with Crippen LogP contribution in [0.4, 0.5) is 4.79 Å². The lowest BCUT2D eigenvalue weighted by molar-refractivity contribution is 0.0165. The van der Waals surface area contributed by atoms with E-state index in [1.54, 1.807) is 0 Å². The average molecular weight is 340 g/mol. The zero-order valence-corrected chi connectivity index (χ0v) is 15.2. The van der Waals surface area contributed by atoms with Crippen molar-refractivity contribution < 1.29 is 9.53 Å². The van der Waals surface area contributed by atoms with E-state index in [0.717, 1.165) is 43.5 Å². The average Bonchev–Trinajstić information content (AvgIpc) is 2.46. The summed E-state index contributed by atoms with van der Waals surface area (Å²) in [6.45, 7) is 9.20. The summed E-state index contributed by atoms with van der Waals surface area (Å²) in [5.41, 5.74) is 1.56. The van der Waals surface area contributed by atoms with E-state index in [2.05, 4.69) is 16.9 Å². The Hall–Kier alpha value is -1.36. The summed E-state index contributed by atoms with van der Waals surface area (Å²) in [6, 6.07) is 0. The number of amides is 1. The predicted molar refractivity (Wildman–Crippen MR) is 90.7 cm³/mol. The molecule has 0 bridgehead atoms. The van der Waals surface area contributed by atoms with E-state index in [-0.39, 0.29) is 6.09 Å². The first-order chi connectivity index (χ1) is 10.8. The number of nitrogens with zero attached hydrogens (tertiary/aromatic N) is 3. The number of aromatic nitrogens is 2. The molecule has 1 amide bonds. The molecule has 0 radical (unpaired) electrons. The van der Waals surface area contributed by atoms with Gasteiger partial charge >= 0.3 is 6.09 Å². The second-order valence-corrected chi connectivity index (χ2v) is 7.44. The summed E-state index contributed by atoms with van der Waals surface area (Å²) in [5, 5.41) is 0.539. The van der Waals surface area contributed by atoms with Crippen molar-refractivity contribution in [2.24, 2.45) is 5.92 Å². The maximum atomic E-state index is 12.2. The minimum atomic E-state index is -0.459. The van der Waals surface area contributed by atoms with Gasteiger partial charge in [0.2, 0.25) is 0 Å². The lowest BCUT2D eigenvalue weighted by atomic mass is 9.92. The van der Waals surface area contributed by atoms with Gasteiger partial charge in [-0.3, -0.25) is 0 Å². The number of hydrogen-bond acceptors (Lipinski definition) is 4. The summed E-state index contributed by atoms with van der Waals surface area (Å²) in [5.74, 6) is 0.382. The second-order valence-electron chi connectivity index (χ2n) is 7.08. The van der Waals surface area contributed by atoms with Gasteiger partial charge in [0.25, 0.3) is 0 Å². The lowest BCUT2D eigenvalue weighted by Gasteiger charge is -2.34. The Kier molecular flexibility index (Phi) is 5.84. The summed E-state index contributed by atoms with van der Waals surface area (Å²) in [7, 11) is 0. The van der Waals surface area contributed by atoms with Crippen LogP contribution >= 0.6 is 11.6 Å². The van der Waals surface area contributed by atoms with Crippen LogP contribution in [0.1, 0.15) is 51.8 Å². The van der Waals surface area contributed by atoms with Gasteiger partial charge in [-0.1, -0.05) is 18.5 Å². The molecule has 1 fully saturated rings. The molecule has 1 atom stereocenters. The molecule has 0 spiro atoms. The molecule has 23 heavy (non-hydrogen) atoms. The van der Waals surface area contributed by atoms with Crippen LogP contribution in [-0.2, 0) is 17.6 Å². The zero-order valence-electron chi connectivity index (χ0n) is 14.4. The maximum Gasteiger partial charge on any atom is 0.410 e. The standard InChI is InChI=1S/C17H26ClN3O2/c1-5-13-14(19-11-20-15(13)18)9-12-7-6-8-21(10-12)16(22)23-17(2,3)4/h11-12H,5-10H2,1-4H3. The zero-order chi connectivity index (χ0) is 17.0. The van der Waals surface area contributed by atoms with Gasteiger partial charge in [-0.25, -0.2) is 14.8 Å². The SMILES string of the molecule is CCc1c(Cl)ncnc1CC1CCCN(C(=O)OC(C)(C)C)C1. The van der Waals surface area contributed by atoms with Gasteiger partial charge in [-0.2, -0.15) is 0 Å². The molecule has 2 heterocycles. The van der Waals surface area contributed by atoms with Crippen LogP contribution in [0.2, 0.25) is 5.15 Å². The molecule has 1 aliphatic rings. The number of rotatable bonds is 3. The number of piperidine rings is 1. The topological polar surface area (TPSA) is 55.3 Å². The highest BCUT2D eigenvalue weighted by Crippen LogP contribution is 2.25. The molecule has 0 N–H and O–H groups in total. The molecule has 0 aliphatic carbocycles. The van der Waals surface area contributed by atoms with Crippen LogP contribution in [0.15, 0.2) is 6.33 Å². The van der Waals surface area contributed by atoms with Crippen LogP contribution in [-0.4, -0.2) is 39.7 Å². The first-order valence-electron chi connectivity index (χ1n) is 8.26. The van der Waals surface area contributed by atoms with Gasteiger partial charge in [0.15, 0.2) is 0 Å². The van der Waals surface area contributed by atoms with Crippen molar-refractivity contribution in [3.63, 3.8) is 0 Å². The van der Waals surface area contributed by atoms with Crippen LogP contribution in [0, 0.1) is 5.92 Å². The third kappa shape index (κ3) is 5.06. The van der Waals surface area contributed by atoms with Crippen LogP contribution in [0.3, 0.4) is 0 Å². The highest BCUT2D eigenvalue weighted by molar-refractivity contribution is 6.30. The summed E-state index contributed by atoms with van der Waals surface area (Å²) in [6.07, 6.45) is 5.01. The van der Waals surface area contributed by atoms with Gasteiger partial charge in [0.1, 0.15) is 17.1 Å². The maximum absolute atomic E-state index is 12.2. The van der Waals surface area contributed by atoms with E-state index in [9.17, 15) is 4.79 Å². The summed E-state index contributed by atoms with van der Waals surface area (Å²) in [4.78, 5) is 22.5. The fourth-order valence-corrected chi connectivity index (χ4v) is 3.23. The Morgan fingerprint density at radius 1 is 1.43 bits per heavy atom. The number of likely N-dealkylation sites (tertiary alicyclic amines) is 1. The molecule has 1 aromatic rings. The van der Waals surface area contributed by atoms with Crippen LogP contribution < -0.4 is 0 Å². The number of hydrogen-bond donors (Lipinski definition) is 0. The van der Waals surface area contributed by atoms with Gasteiger partial charge in [0, 0.05) is 24.3 Å². The van der Waals surface area contributed by atoms with E-state index in [1.165, 1.54) is 6.33 Å². The van der Waals surface area contributed by atoms with Gasteiger partial charge in [0.05, 0.1) is 0 Å². The predicted octanol–water partition coefficient (Wildman–Crippen LogP) is 3.88. The Balaban J connectivity index is 2.02. The van der Waals surface area contributed by atoms with E-state index >= 15 is 0 Å². The monoisotopic (exact) mass is 339 g/mol. The second kappa shape index (κ2) is 7.47. The minimum Gasteiger partial charge on any atom is -0.444 e. The number of carbonyl (C=O) groups is 1. The quantitative estimate of drug-likeness (QED) is 0.784. The van der Waals surface area contributed by atoms with E-state index < -0.39 is 5.60 Å². The fraction of sp³-hybridized carbons (Fsp3) is 0.706. The molecule has 5 nitrogen and oxygen atoms in total. The van der Waals surface area contributed by atoms with Crippen molar-refractivity contribution in [1.82, 2.24) is 14.9 Å². The molecule has 6 heteroatoms. The van der Waals surface area contributed by atoms with Crippen molar-refractivity contribution >= 4 is 17.7 Å². The minimum absolute atomic E-state index is 0.223. The molecule has 128 valence electrons. The van der Waals surface area contributed by atoms with Gasteiger partial charge in [-0.05, 0) is 52.4 Å². The highest BCUT2D eigenvalue weighted by atomic mass is 35.5. The van der Waals surface area contributed by atoms with Crippen LogP contribution in [0.5, 0.6) is 0 Å². The van der Waals surface area contributed by atoms with E-state index in [0.29, 0.717) is 17.6 Å². The smallest absolute Gasteiger partial charge is 0.410 e. The Labute approximate surface area is 143 Å². The Morgan fingerprint density at radius 3 is 2.83 bits per heavy atom. The van der Waals surface area contributed by atoms with Crippen molar-refractivity contribution in [2.75, 3.05) is 13.1 Å². The molecule has 1 unspecified atom stereocenters. The summed E-state index contributed by atoms with van der Waals surface area (Å²) >= 11 is 6.16. The van der Waals surface area contributed by atoms with Gasteiger partial charge in [-0.15, -0.1) is 0 Å². The van der Waals surface area contributed by atoms with Crippen molar-refractivity contribution in [1.29, 1.82) is 0 Å². The van der Waals surface area contributed by atoms with Gasteiger partial charge < -0.3 is 9.64 Å². The van der Waals surface area contributed by atoms with Crippen molar-refractivity contribution in [2.45, 2.75) is 59.0 Å². The molecule has 0 aromatic carbocycles. The largest absolute Gasteiger partial charge is 0.444 e. The summed E-state index contributed by atoms with van der Waals surface area (Å²) < 4.78 is 5.48. The molecule has 0 saturated carbocycles. The third-order valence-corrected chi connectivity index (χ3v) is 4.31. The van der Waals surface area contributed by atoms with Crippen LogP contribution in [0.25, 0.3) is 0 Å². The molecule has 1 aromatic heterocycles. The highest BCUT2D eigenvalue weighted by Gasteiger charge is 2.28. The lowest BCUT2D eigenvalue weighted by Crippen LogP contribution is -2.43. The first kappa shape index (κ1) is 18.0. The Bertz CT molecular complexity index is 557. The number of carbonyl (C=O) groups excluding carboxylic acids is 1. The molecule has 1 aliphatic heterocycles. The first-order valence-corrected chi connectivity index (χ1v) is 8.64. The van der Waals surface area contributed by atoms with Crippen molar-refractivity contribution in [3.05, 3.63) is 22.7 Å². The molecular formula is C17H26ClN3O2. The van der Waals surface area contributed by atoms with E-state index in [4.69, 9.17) is 16.3 Å². The number of ether oxygens (including phenoxy) is 1. The number of halogens is 1. The Morgan fingerprint density at radius 2 is 2.17 bits per heavy atom. The third-order valence-electron chi connectivity index (χ3n) is 3.99.